The van der Waals surface area contributed by atoms with Crippen LogP contribution in [-0.4, -0.2) is 16.1 Å². The van der Waals surface area contributed by atoms with E-state index >= 15 is 0 Å². The van der Waals surface area contributed by atoms with Crippen LogP contribution in [-0.2, 0) is 6.54 Å². The molecule has 2 rings (SSSR count). The van der Waals surface area contributed by atoms with Crippen LogP contribution in [0.4, 0.5) is 0 Å². The number of rotatable bonds is 5. The van der Waals surface area contributed by atoms with Crippen LogP contribution in [0.2, 0.25) is 0 Å². The van der Waals surface area contributed by atoms with Gasteiger partial charge in [0.15, 0.2) is 0 Å². The molecule has 0 aliphatic heterocycles. The maximum absolute atomic E-state index is 3.99. The minimum atomic E-state index is 0.628. The van der Waals surface area contributed by atoms with Gasteiger partial charge in [0.25, 0.3) is 0 Å². The molecule has 0 aromatic carbocycles. The second kappa shape index (κ2) is 3.72. The molecule has 0 saturated heterocycles. The van der Waals surface area contributed by atoms with Gasteiger partial charge >= 0.3 is 0 Å². The summed E-state index contributed by atoms with van der Waals surface area (Å²) in [5.41, 5.74) is 1.69. The molecule has 0 spiro atoms. The molecule has 0 unspecified atom stereocenters. The predicted molar refractivity (Wildman–Crippen MR) is 53.6 cm³/mol. The zero-order valence-corrected chi connectivity index (χ0v) is 8.73. The van der Waals surface area contributed by atoms with Crippen LogP contribution < -0.4 is 5.32 Å². The van der Waals surface area contributed by atoms with Gasteiger partial charge in [-0.3, -0.25) is 0 Å². The van der Waals surface area contributed by atoms with Crippen LogP contribution in [0.15, 0.2) is 5.38 Å². The smallest absolute Gasteiger partial charge is 0.0893 e. The molecule has 1 saturated carbocycles. The monoisotopic (exact) mass is 197 g/mol. The summed E-state index contributed by atoms with van der Waals surface area (Å²) in [7, 11) is 0. The number of nitrogens with zero attached hydrogens (tertiary/aromatic N) is 2. The Bertz CT molecular complexity index is 254. The van der Waals surface area contributed by atoms with E-state index in [1.54, 1.807) is 0 Å². The Morgan fingerprint density at radius 1 is 1.62 bits per heavy atom. The van der Waals surface area contributed by atoms with E-state index in [4.69, 9.17) is 0 Å². The van der Waals surface area contributed by atoms with E-state index in [0.717, 1.165) is 18.8 Å². The van der Waals surface area contributed by atoms with Crippen LogP contribution in [0, 0.1) is 5.41 Å². The topological polar surface area (TPSA) is 37.8 Å². The van der Waals surface area contributed by atoms with Crippen molar-refractivity contribution in [2.75, 3.05) is 6.54 Å². The summed E-state index contributed by atoms with van der Waals surface area (Å²) >= 11 is 1.42. The largest absolute Gasteiger partial charge is 0.311 e. The summed E-state index contributed by atoms with van der Waals surface area (Å²) in [6.45, 7) is 4.29. The molecule has 1 fully saturated rings. The maximum Gasteiger partial charge on any atom is 0.0893 e. The summed E-state index contributed by atoms with van der Waals surface area (Å²) < 4.78 is 3.82. The number of aromatic nitrogens is 2. The highest BCUT2D eigenvalue weighted by Crippen LogP contribution is 2.47. The van der Waals surface area contributed by atoms with Crippen molar-refractivity contribution in [3.63, 3.8) is 0 Å². The molecule has 0 radical (unpaired) electrons. The highest BCUT2D eigenvalue weighted by atomic mass is 32.1. The summed E-state index contributed by atoms with van der Waals surface area (Å²) in [6, 6.07) is 0. The molecule has 1 aromatic heterocycles. The fourth-order valence-electron chi connectivity index (χ4n) is 1.55. The van der Waals surface area contributed by atoms with Gasteiger partial charge in [-0.25, -0.2) is 0 Å². The van der Waals surface area contributed by atoms with Crippen LogP contribution in [0.25, 0.3) is 0 Å². The molecule has 1 N–H and O–H groups in total. The molecule has 0 amide bonds. The first-order valence-electron chi connectivity index (χ1n) is 4.81. The Morgan fingerprint density at radius 2 is 2.46 bits per heavy atom. The maximum atomic E-state index is 3.99. The fraction of sp³-hybridized carbons (Fsp3) is 0.778. The average Bonchev–Trinajstić information content (AvgIpc) is 2.74. The first kappa shape index (κ1) is 9.09. The average molecular weight is 197 g/mol. The van der Waals surface area contributed by atoms with E-state index in [0.29, 0.717) is 5.41 Å². The van der Waals surface area contributed by atoms with Gasteiger partial charge in [-0.2, -0.15) is 0 Å². The summed E-state index contributed by atoms with van der Waals surface area (Å²) in [6.07, 6.45) is 4.09. The Hall–Kier alpha value is -0.480. The summed E-state index contributed by atoms with van der Waals surface area (Å²) in [4.78, 5) is 0. The van der Waals surface area contributed by atoms with E-state index in [1.165, 1.54) is 30.8 Å². The van der Waals surface area contributed by atoms with Crippen molar-refractivity contribution >= 4 is 11.5 Å². The third-order valence-corrected chi connectivity index (χ3v) is 3.47. The first-order chi connectivity index (χ1) is 6.35. The Morgan fingerprint density at radius 3 is 3.00 bits per heavy atom. The SMILES string of the molecule is CCC1(CNCc2csnn2)CC1. The lowest BCUT2D eigenvalue weighted by Gasteiger charge is -2.11. The highest BCUT2D eigenvalue weighted by molar-refractivity contribution is 7.03. The summed E-state index contributed by atoms with van der Waals surface area (Å²) in [5, 5.41) is 9.43. The number of nitrogens with one attached hydrogen (secondary N) is 1. The second-order valence-electron chi connectivity index (χ2n) is 3.85. The van der Waals surface area contributed by atoms with Gasteiger partial charge in [0.2, 0.25) is 0 Å². The lowest BCUT2D eigenvalue weighted by molar-refractivity contribution is 0.442. The van der Waals surface area contributed by atoms with Crippen LogP contribution >= 0.6 is 11.5 Å². The van der Waals surface area contributed by atoms with Gasteiger partial charge in [0.05, 0.1) is 5.69 Å². The normalized spacial score (nSPS) is 18.8. The van der Waals surface area contributed by atoms with Gasteiger partial charge in [0, 0.05) is 18.5 Å². The molecular weight excluding hydrogens is 182 g/mol. The van der Waals surface area contributed by atoms with Crippen LogP contribution in [0.3, 0.4) is 0 Å². The lowest BCUT2D eigenvalue weighted by atomic mass is 10.0. The van der Waals surface area contributed by atoms with E-state index in [2.05, 4.69) is 21.8 Å². The van der Waals surface area contributed by atoms with Crippen molar-refractivity contribution in [3.8, 4) is 0 Å². The first-order valence-corrected chi connectivity index (χ1v) is 5.65. The van der Waals surface area contributed by atoms with Crippen molar-refractivity contribution in [3.05, 3.63) is 11.1 Å². The van der Waals surface area contributed by atoms with Gasteiger partial charge < -0.3 is 5.32 Å². The minimum Gasteiger partial charge on any atom is -0.311 e. The number of hydrogen-bond donors (Lipinski definition) is 1. The van der Waals surface area contributed by atoms with Gasteiger partial charge in [-0.1, -0.05) is 11.4 Å². The zero-order valence-electron chi connectivity index (χ0n) is 7.92. The molecular formula is C9H15N3S. The molecule has 4 heteroatoms. The quantitative estimate of drug-likeness (QED) is 0.782. The van der Waals surface area contributed by atoms with Gasteiger partial charge in [-0.05, 0) is 36.2 Å². The predicted octanol–water partition coefficient (Wildman–Crippen LogP) is 1.82. The molecule has 1 aromatic rings. The third kappa shape index (κ3) is 2.25. The van der Waals surface area contributed by atoms with Crippen LogP contribution in [0.5, 0.6) is 0 Å². The van der Waals surface area contributed by atoms with Crippen molar-refractivity contribution in [2.24, 2.45) is 5.41 Å². The molecule has 1 aliphatic carbocycles. The molecule has 3 nitrogen and oxygen atoms in total. The molecule has 1 aliphatic rings. The Balaban J connectivity index is 1.70. The number of hydrogen-bond acceptors (Lipinski definition) is 4. The molecule has 0 bridgehead atoms. The highest BCUT2D eigenvalue weighted by Gasteiger charge is 2.39. The van der Waals surface area contributed by atoms with E-state index in [1.807, 2.05) is 5.38 Å². The van der Waals surface area contributed by atoms with E-state index in [-0.39, 0.29) is 0 Å². The van der Waals surface area contributed by atoms with Crippen molar-refractivity contribution in [1.29, 1.82) is 0 Å². The molecule has 13 heavy (non-hydrogen) atoms. The van der Waals surface area contributed by atoms with E-state index in [9.17, 15) is 0 Å². The van der Waals surface area contributed by atoms with Crippen molar-refractivity contribution < 1.29 is 0 Å². The molecule has 1 heterocycles. The van der Waals surface area contributed by atoms with Gasteiger partial charge in [-0.15, -0.1) is 5.10 Å². The second-order valence-corrected chi connectivity index (χ2v) is 4.46. The van der Waals surface area contributed by atoms with Gasteiger partial charge in [0.1, 0.15) is 0 Å². The zero-order chi connectivity index (χ0) is 9.15. The van der Waals surface area contributed by atoms with Crippen molar-refractivity contribution in [2.45, 2.75) is 32.7 Å². The van der Waals surface area contributed by atoms with Crippen LogP contribution in [0.1, 0.15) is 31.9 Å². The molecule has 72 valence electrons. The third-order valence-electron chi connectivity index (χ3n) is 2.92. The Labute approximate surface area is 82.7 Å². The standard InChI is InChI=1S/C9H15N3S/c1-2-9(3-4-9)7-10-5-8-6-13-12-11-8/h6,10H,2-5,7H2,1H3. The fourth-order valence-corrected chi connectivity index (χ4v) is 2.00. The Kier molecular flexibility index (Phi) is 2.60. The minimum absolute atomic E-state index is 0.628. The van der Waals surface area contributed by atoms with Crippen molar-refractivity contribution in [1.82, 2.24) is 14.9 Å². The summed E-state index contributed by atoms with van der Waals surface area (Å²) in [5.74, 6) is 0. The van der Waals surface area contributed by atoms with E-state index < -0.39 is 0 Å². The molecule has 0 atom stereocenters. The lowest BCUT2D eigenvalue weighted by Crippen LogP contribution is -2.23.